The van der Waals surface area contributed by atoms with Crippen molar-refractivity contribution in [2.75, 3.05) is 0 Å². The Kier molecular flexibility index (Phi) is 18.6. The molecular weight excluding hydrogens is 572 g/mol. The van der Waals surface area contributed by atoms with Crippen LogP contribution in [0.15, 0.2) is 11.6 Å². The van der Waals surface area contributed by atoms with Gasteiger partial charge in [-0.1, -0.05) is 90.4 Å². The topological polar surface area (TPSA) is 126 Å². The van der Waals surface area contributed by atoms with Crippen molar-refractivity contribution in [3.05, 3.63) is 11.6 Å². The Labute approximate surface area is 273 Å². The van der Waals surface area contributed by atoms with E-state index in [0.717, 1.165) is 82.6 Å². The van der Waals surface area contributed by atoms with Gasteiger partial charge >= 0.3 is 5.97 Å². The number of rotatable bonds is 25. The number of hydrogen-bond acceptors (Lipinski definition) is 8. The van der Waals surface area contributed by atoms with Crippen LogP contribution < -0.4 is 0 Å². The summed E-state index contributed by atoms with van der Waals surface area (Å²) in [6.45, 7) is 4.09. The molecule has 0 amide bonds. The zero-order valence-corrected chi connectivity index (χ0v) is 28.5. The monoisotopic (exact) mass is 638 g/mol. The van der Waals surface area contributed by atoms with Gasteiger partial charge in [0, 0.05) is 12.0 Å². The van der Waals surface area contributed by atoms with Crippen molar-refractivity contribution >= 4 is 5.97 Å². The maximum Gasteiger partial charge on any atom is 0.334 e. The zero-order valence-electron chi connectivity index (χ0n) is 28.5. The molecule has 0 radical (unpaired) electrons. The van der Waals surface area contributed by atoms with Gasteiger partial charge < -0.3 is 34.6 Å². The summed E-state index contributed by atoms with van der Waals surface area (Å²) in [7, 11) is 0. The van der Waals surface area contributed by atoms with Gasteiger partial charge in [0.1, 0.15) is 12.2 Å². The number of cyclic esters (lactones) is 1. The third kappa shape index (κ3) is 14.3. The van der Waals surface area contributed by atoms with Crippen LogP contribution in [0.2, 0.25) is 0 Å². The summed E-state index contributed by atoms with van der Waals surface area (Å²) in [5.74, 6) is -0.136. The smallest absolute Gasteiger partial charge is 0.334 e. The number of aliphatic hydroxyl groups excluding tert-OH is 4. The van der Waals surface area contributed by atoms with E-state index in [-0.39, 0.29) is 36.5 Å². The van der Waals surface area contributed by atoms with Gasteiger partial charge in [0.05, 0.1) is 42.7 Å². The SMILES string of the molecule is CCCCCC[C@H](O)CCC[C@H](O)[C@H]1CC[C@H]([C@H]2CC(O)[C@H]([C@H](O)CCCCCCCCCCCCC3=C[C@H](C)OC3=O)O2)O1. The first-order valence-corrected chi connectivity index (χ1v) is 18.7. The average Bonchev–Trinajstić information content (AvgIpc) is 3.74. The second-order valence-corrected chi connectivity index (χ2v) is 14.2. The lowest BCUT2D eigenvalue weighted by molar-refractivity contribution is -0.139. The van der Waals surface area contributed by atoms with Gasteiger partial charge in [-0.2, -0.15) is 0 Å². The number of ether oxygens (including phenoxy) is 3. The van der Waals surface area contributed by atoms with Gasteiger partial charge in [-0.3, -0.25) is 0 Å². The molecular formula is C37H66O8. The van der Waals surface area contributed by atoms with Crippen molar-refractivity contribution in [2.24, 2.45) is 0 Å². The molecule has 4 N–H and O–H groups in total. The van der Waals surface area contributed by atoms with E-state index in [4.69, 9.17) is 14.2 Å². The summed E-state index contributed by atoms with van der Waals surface area (Å²) in [4.78, 5) is 11.6. The lowest BCUT2D eigenvalue weighted by Crippen LogP contribution is -2.35. The maximum absolute atomic E-state index is 11.6. The highest BCUT2D eigenvalue weighted by atomic mass is 16.6. The van der Waals surface area contributed by atoms with Crippen molar-refractivity contribution in [3.63, 3.8) is 0 Å². The largest absolute Gasteiger partial charge is 0.455 e. The predicted molar refractivity (Wildman–Crippen MR) is 177 cm³/mol. The van der Waals surface area contributed by atoms with Crippen LogP contribution in [0.1, 0.15) is 162 Å². The number of esters is 1. The van der Waals surface area contributed by atoms with E-state index in [1.807, 2.05) is 13.0 Å². The molecule has 0 saturated carbocycles. The van der Waals surface area contributed by atoms with Crippen LogP contribution in [0.4, 0.5) is 0 Å². The van der Waals surface area contributed by atoms with Gasteiger partial charge in [-0.15, -0.1) is 0 Å². The fourth-order valence-corrected chi connectivity index (χ4v) is 7.31. The van der Waals surface area contributed by atoms with E-state index in [9.17, 15) is 25.2 Å². The van der Waals surface area contributed by atoms with Gasteiger partial charge in [0.15, 0.2) is 0 Å². The first kappa shape index (κ1) is 38.4. The molecule has 2 saturated heterocycles. The molecule has 8 nitrogen and oxygen atoms in total. The minimum atomic E-state index is -0.691. The highest BCUT2D eigenvalue weighted by molar-refractivity contribution is 5.90. The molecule has 3 aliphatic heterocycles. The molecule has 3 aliphatic rings. The van der Waals surface area contributed by atoms with Crippen molar-refractivity contribution in [3.8, 4) is 0 Å². The lowest BCUT2D eigenvalue weighted by atomic mass is 9.98. The van der Waals surface area contributed by atoms with Crippen LogP contribution in [0.3, 0.4) is 0 Å². The molecule has 3 rings (SSSR count). The second-order valence-electron chi connectivity index (χ2n) is 14.2. The van der Waals surface area contributed by atoms with Crippen molar-refractivity contribution in [1.82, 2.24) is 0 Å². The zero-order chi connectivity index (χ0) is 32.4. The molecule has 8 heteroatoms. The van der Waals surface area contributed by atoms with Crippen molar-refractivity contribution in [1.29, 1.82) is 0 Å². The predicted octanol–water partition coefficient (Wildman–Crippen LogP) is 6.83. The van der Waals surface area contributed by atoms with Crippen LogP contribution in [-0.4, -0.2) is 81.3 Å². The van der Waals surface area contributed by atoms with Gasteiger partial charge in [-0.05, 0) is 70.8 Å². The van der Waals surface area contributed by atoms with Crippen LogP contribution in [0.5, 0.6) is 0 Å². The van der Waals surface area contributed by atoms with Gasteiger partial charge in [-0.25, -0.2) is 4.79 Å². The molecule has 0 aromatic rings. The molecule has 0 bridgehead atoms. The Hall–Kier alpha value is -1.03. The summed E-state index contributed by atoms with van der Waals surface area (Å²) in [6.07, 6.45) is 21.1. The lowest BCUT2D eigenvalue weighted by Gasteiger charge is -2.24. The summed E-state index contributed by atoms with van der Waals surface area (Å²) in [6, 6.07) is 0. The first-order chi connectivity index (χ1) is 21.8. The first-order valence-electron chi connectivity index (χ1n) is 18.7. The fraction of sp³-hybridized carbons (Fsp3) is 0.919. The Bertz CT molecular complexity index is 833. The number of aliphatic hydroxyl groups is 4. The van der Waals surface area contributed by atoms with E-state index in [1.165, 1.54) is 51.4 Å². The van der Waals surface area contributed by atoms with Crippen LogP contribution in [0.25, 0.3) is 0 Å². The molecule has 0 aliphatic carbocycles. The van der Waals surface area contributed by atoms with Crippen LogP contribution in [0, 0.1) is 0 Å². The third-order valence-corrected chi connectivity index (χ3v) is 10.1. The Morgan fingerprint density at radius 2 is 1.33 bits per heavy atom. The minimum Gasteiger partial charge on any atom is -0.455 e. The maximum atomic E-state index is 11.6. The summed E-state index contributed by atoms with van der Waals surface area (Å²) in [5.41, 5.74) is 0.848. The molecule has 45 heavy (non-hydrogen) atoms. The third-order valence-electron chi connectivity index (χ3n) is 10.1. The molecule has 2 fully saturated rings. The molecule has 0 aromatic heterocycles. The van der Waals surface area contributed by atoms with Gasteiger partial charge in [0.2, 0.25) is 0 Å². The average molecular weight is 639 g/mol. The Balaban J connectivity index is 1.16. The molecule has 3 heterocycles. The molecule has 1 unspecified atom stereocenters. The fourth-order valence-electron chi connectivity index (χ4n) is 7.31. The van der Waals surface area contributed by atoms with Crippen LogP contribution >= 0.6 is 0 Å². The van der Waals surface area contributed by atoms with Crippen LogP contribution in [-0.2, 0) is 19.0 Å². The number of carbonyl (C=O) groups is 1. The summed E-state index contributed by atoms with van der Waals surface area (Å²) >= 11 is 0. The van der Waals surface area contributed by atoms with E-state index in [0.29, 0.717) is 19.3 Å². The Morgan fingerprint density at radius 1 is 0.733 bits per heavy atom. The molecule has 262 valence electrons. The Morgan fingerprint density at radius 3 is 2.00 bits per heavy atom. The second kappa shape index (κ2) is 21.8. The quantitative estimate of drug-likeness (QED) is 0.0634. The number of hydrogen-bond donors (Lipinski definition) is 4. The van der Waals surface area contributed by atoms with E-state index >= 15 is 0 Å². The van der Waals surface area contributed by atoms with E-state index in [2.05, 4.69) is 6.92 Å². The molecule has 9 atom stereocenters. The van der Waals surface area contributed by atoms with Crippen molar-refractivity contribution < 1.29 is 39.4 Å². The van der Waals surface area contributed by atoms with Gasteiger partial charge in [0.25, 0.3) is 0 Å². The number of carbonyl (C=O) groups excluding carboxylic acids is 1. The minimum absolute atomic E-state index is 0.0647. The number of unbranched alkanes of at least 4 members (excludes halogenated alkanes) is 12. The van der Waals surface area contributed by atoms with E-state index in [1.54, 1.807) is 0 Å². The highest BCUT2D eigenvalue weighted by Gasteiger charge is 2.45. The molecule has 0 aromatic carbocycles. The van der Waals surface area contributed by atoms with Crippen molar-refractivity contribution in [2.45, 2.75) is 216 Å². The standard InChI is InChI=1S/C37H66O8/c1-3-4-5-15-19-29(38)20-17-22-30(39)33-23-24-34(44-33)35-26-32(41)36(45-35)31(40)21-16-13-11-9-7-6-8-10-12-14-18-28-25-27(2)43-37(28)42/h25,27,29-36,38-41H,3-24,26H2,1-2H3/t27-,29-,30-,31+,32?,33+,34+,35+,36-/m0/s1. The normalized spacial score (nSPS) is 28.8. The molecule has 0 spiro atoms. The summed E-state index contributed by atoms with van der Waals surface area (Å²) < 4.78 is 17.5. The van der Waals surface area contributed by atoms with E-state index < -0.39 is 24.4 Å². The summed E-state index contributed by atoms with van der Waals surface area (Å²) in [5, 5.41) is 42.3. The highest BCUT2D eigenvalue weighted by Crippen LogP contribution is 2.35.